The van der Waals surface area contributed by atoms with Crippen LogP contribution in [0.25, 0.3) is 0 Å². The van der Waals surface area contributed by atoms with Gasteiger partial charge < -0.3 is 19.0 Å². The van der Waals surface area contributed by atoms with E-state index in [0.29, 0.717) is 23.0 Å². The third-order valence-corrected chi connectivity index (χ3v) is 16.3. The van der Waals surface area contributed by atoms with E-state index in [2.05, 4.69) is 24.3 Å². The van der Waals surface area contributed by atoms with Gasteiger partial charge in [0.05, 0.1) is 35.2 Å². The van der Waals surface area contributed by atoms with Gasteiger partial charge in [-0.15, -0.1) is 0 Å². The molecular weight excluding hydrogens is 797 g/mol. The molecule has 0 saturated heterocycles. The highest BCUT2D eigenvalue weighted by molar-refractivity contribution is 7.93. The quantitative estimate of drug-likeness (QED) is 0.0860. The number of aryl methyl sites for hydroxylation is 2. The normalized spacial score (nSPS) is 18.6. The summed E-state index contributed by atoms with van der Waals surface area (Å²) in [5, 5.41) is 20.1. The van der Waals surface area contributed by atoms with Gasteiger partial charge in [0.25, 0.3) is 0 Å². The molecule has 4 aliphatic rings. The van der Waals surface area contributed by atoms with Gasteiger partial charge in [-0.05, 0) is 135 Å². The fourth-order valence-electron chi connectivity index (χ4n) is 9.13. The number of Topliss-reactive ketones (excluding diaryl/α,β-unsaturated/α-hetero) is 2. The molecule has 2 atom stereocenters. The van der Waals surface area contributed by atoms with Crippen LogP contribution in [0, 0.1) is 21.4 Å². The van der Waals surface area contributed by atoms with Gasteiger partial charge >= 0.3 is 0 Å². The lowest BCUT2D eigenvalue weighted by Gasteiger charge is -2.27. The Morgan fingerprint density at radius 1 is 0.633 bits per heavy atom. The van der Waals surface area contributed by atoms with E-state index in [1.165, 1.54) is 96.6 Å². The predicted molar refractivity (Wildman–Crippen MR) is 232 cm³/mol. The second-order valence-electron chi connectivity index (χ2n) is 18.9. The molecule has 0 unspecified atom stereocenters. The summed E-state index contributed by atoms with van der Waals surface area (Å²) in [4.78, 5) is 25.9. The molecule has 4 aromatic rings. The standard InChI is InChI=1S/2C24H31NO4S/c2*1-24(2,27)19-12-23(29-14-19)30(25,28)15-20(26)13-22-18(11-16-5-3-6-16)10-9-17-7-4-8-21(17)22/h2*9-10,12,14,16,25,27H,3-8,11,13,15H2,1-2H3/t2*30-/m10/s1. The Balaban J connectivity index is 0.000000181. The Morgan fingerprint density at radius 3 is 1.33 bits per heavy atom. The Bertz CT molecular complexity index is 2280. The molecule has 2 aromatic carbocycles. The summed E-state index contributed by atoms with van der Waals surface area (Å²) < 4.78 is 53.1. The number of hydrogen-bond acceptors (Lipinski definition) is 10. The molecule has 0 amide bonds. The van der Waals surface area contributed by atoms with Crippen LogP contribution < -0.4 is 0 Å². The van der Waals surface area contributed by atoms with Gasteiger partial charge in [-0.25, -0.2) is 18.0 Å². The summed E-state index contributed by atoms with van der Waals surface area (Å²) in [6, 6.07) is 11.7. The van der Waals surface area contributed by atoms with Crippen LogP contribution in [-0.2, 0) is 91.6 Å². The Labute approximate surface area is 355 Å². The van der Waals surface area contributed by atoms with Gasteiger partial charge in [0.15, 0.2) is 21.8 Å². The van der Waals surface area contributed by atoms with E-state index in [1.54, 1.807) is 27.7 Å². The van der Waals surface area contributed by atoms with Crippen molar-refractivity contribution in [1.82, 2.24) is 0 Å². The summed E-state index contributed by atoms with van der Waals surface area (Å²) in [6.07, 6.45) is 19.1. The number of ketones is 2. The van der Waals surface area contributed by atoms with Crippen molar-refractivity contribution in [3.63, 3.8) is 0 Å². The van der Waals surface area contributed by atoms with Crippen molar-refractivity contribution in [3.8, 4) is 0 Å². The zero-order valence-corrected chi connectivity index (χ0v) is 37.3. The molecule has 2 fully saturated rings. The highest BCUT2D eigenvalue weighted by Crippen LogP contribution is 2.37. The first-order chi connectivity index (χ1) is 28.3. The van der Waals surface area contributed by atoms with E-state index >= 15 is 0 Å². The van der Waals surface area contributed by atoms with Crippen molar-refractivity contribution in [2.45, 2.75) is 152 Å². The Hall–Kier alpha value is -3.84. The topological polar surface area (TPSA) is 183 Å². The molecule has 2 heterocycles. The lowest BCUT2D eigenvalue weighted by atomic mass is 9.79. The zero-order valence-electron chi connectivity index (χ0n) is 35.7. The first-order valence-corrected chi connectivity index (χ1v) is 25.2. The molecule has 324 valence electrons. The highest BCUT2D eigenvalue weighted by Gasteiger charge is 2.30. The molecule has 0 aliphatic heterocycles. The minimum atomic E-state index is -3.39. The zero-order chi connectivity index (χ0) is 43.0. The minimum Gasteiger partial charge on any atom is -0.454 e. The Kier molecular flexibility index (Phi) is 12.9. The van der Waals surface area contributed by atoms with E-state index in [1.807, 2.05) is 0 Å². The summed E-state index contributed by atoms with van der Waals surface area (Å²) >= 11 is 0. The van der Waals surface area contributed by atoms with Crippen LogP contribution >= 0.6 is 0 Å². The molecule has 10 nitrogen and oxygen atoms in total. The predicted octanol–water partition coefficient (Wildman–Crippen LogP) is 9.11. The van der Waals surface area contributed by atoms with E-state index in [-0.39, 0.29) is 46.1 Å². The van der Waals surface area contributed by atoms with Crippen LogP contribution in [-0.4, -0.2) is 41.7 Å². The van der Waals surface area contributed by atoms with Crippen molar-refractivity contribution >= 4 is 31.0 Å². The van der Waals surface area contributed by atoms with Crippen LogP contribution in [0.5, 0.6) is 0 Å². The number of rotatable bonds is 16. The molecule has 60 heavy (non-hydrogen) atoms. The summed E-state index contributed by atoms with van der Waals surface area (Å²) in [5.41, 5.74) is 8.64. The number of aliphatic hydroxyl groups is 2. The second-order valence-corrected chi connectivity index (χ2v) is 23.0. The largest absolute Gasteiger partial charge is 0.454 e. The molecule has 12 heteroatoms. The number of fused-ring (bicyclic) bond motifs is 2. The summed E-state index contributed by atoms with van der Waals surface area (Å²) in [6.45, 7) is 6.38. The monoisotopic (exact) mass is 858 g/mol. The first kappa shape index (κ1) is 44.2. The second kappa shape index (κ2) is 17.5. The van der Waals surface area contributed by atoms with Gasteiger partial charge in [0, 0.05) is 36.1 Å². The van der Waals surface area contributed by atoms with Crippen LogP contribution in [0.1, 0.15) is 135 Å². The van der Waals surface area contributed by atoms with Crippen molar-refractivity contribution in [2.24, 2.45) is 11.8 Å². The Morgan fingerprint density at radius 2 is 1.02 bits per heavy atom. The maximum absolute atomic E-state index is 13.0. The maximum Gasteiger partial charge on any atom is 0.199 e. The number of carbonyl (C=O) groups excluding carboxylic acids is 2. The highest BCUT2D eigenvalue weighted by atomic mass is 32.2. The molecular formula is C48H62N2O8S2. The molecule has 0 bridgehead atoms. The van der Waals surface area contributed by atoms with E-state index < -0.39 is 30.7 Å². The van der Waals surface area contributed by atoms with Crippen molar-refractivity contribution in [1.29, 1.82) is 9.56 Å². The van der Waals surface area contributed by atoms with E-state index in [4.69, 9.17) is 18.4 Å². The molecule has 0 spiro atoms. The lowest BCUT2D eigenvalue weighted by Crippen LogP contribution is -2.20. The fraction of sp³-hybridized carbons (Fsp3) is 0.542. The third-order valence-electron chi connectivity index (χ3n) is 13.2. The molecule has 4 aliphatic carbocycles. The van der Waals surface area contributed by atoms with Crippen molar-refractivity contribution < 1.29 is 37.1 Å². The number of furan rings is 2. The number of benzene rings is 2. The number of nitrogens with one attached hydrogen (secondary N) is 2. The van der Waals surface area contributed by atoms with Gasteiger partial charge in [0.2, 0.25) is 0 Å². The molecule has 2 aromatic heterocycles. The average molecular weight is 859 g/mol. The maximum atomic E-state index is 13.0. The fourth-order valence-corrected chi connectivity index (χ4v) is 11.6. The van der Waals surface area contributed by atoms with Gasteiger partial charge in [-0.3, -0.25) is 9.59 Å². The summed E-state index contributed by atoms with van der Waals surface area (Å²) in [5.74, 6) is 0.318. The average Bonchev–Trinajstić information content (AvgIpc) is 3.95. The van der Waals surface area contributed by atoms with E-state index in [0.717, 1.165) is 62.5 Å². The van der Waals surface area contributed by atoms with Crippen LogP contribution in [0.4, 0.5) is 0 Å². The van der Waals surface area contributed by atoms with E-state index in [9.17, 15) is 28.2 Å². The van der Waals surface area contributed by atoms with Gasteiger partial charge in [0.1, 0.15) is 19.5 Å². The first-order valence-electron chi connectivity index (χ1n) is 21.7. The molecule has 0 radical (unpaired) electrons. The third kappa shape index (κ3) is 10.3. The number of carbonyl (C=O) groups is 2. The molecule has 8 rings (SSSR count). The van der Waals surface area contributed by atoms with Gasteiger partial charge in [-0.2, -0.15) is 0 Å². The van der Waals surface area contributed by atoms with Crippen molar-refractivity contribution in [2.75, 3.05) is 11.5 Å². The minimum absolute atomic E-state index is 0.0408. The number of hydrogen-bond donors (Lipinski definition) is 4. The van der Waals surface area contributed by atoms with Crippen LogP contribution in [0.2, 0.25) is 0 Å². The molecule has 4 N–H and O–H groups in total. The van der Waals surface area contributed by atoms with Crippen molar-refractivity contribution in [3.05, 3.63) is 105 Å². The SMILES string of the molecule is CC(C)(O)c1coc([S@@](=N)(=O)CC(=O)Cc2c(CC3CCC3)ccc3c2CCC3)c1.CC(C)(O)c1coc([S@](=N)(=O)CC(=O)Cc2c(CC3CCC3)ccc3c2CCC3)c1. The lowest BCUT2D eigenvalue weighted by molar-refractivity contribution is -0.116. The van der Waals surface area contributed by atoms with Crippen LogP contribution in [0.3, 0.4) is 0 Å². The molecule has 2 saturated carbocycles. The van der Waals surface area contributed by atoms with Gasteiger partial charge in [-0.1, -0.05) is 62.8 Å². The smallest absolute Gasteiger partial charge is 0.199 e. The summed E-state index contributed by atoms with van der Waals surface area (Å²) in [7, 11) is -6.78. The van der Waals surface area contributed by atoms with Crippen LogP contribution in [0.15, 0.2) is 67.9 Å².